The van der Waals surface area contributed by atoms with Crippen LogP contribution in [0.25, 0.3) is 0 Å². The predicted molar refractivity (Wildman–Crippen MR) is 69.3 cm³/mol. The van der Waals surface area contributed by atoms with Crippen LogP contribution in [0.3, 0.4) is 0 Å². The third-order valence-electron chi connectivity index (χ3n) is 2.30. The molecule has 2 nitrogen and oxygen atoms in total. The molecule has 0 spiro atoms. The molecule has 0 fully saturated rings. The van der Waals surface area contributed by atoms with Gasteiger partial charge in [-0.25, -0.2) is 0 Å². The first-order chi connectivity index (χ1) is 7.74. The van der Waals surface area contributed by atoms with E-state index in [1.165, 1.54) is 5.56 Å². The molecule has 0 heterocycles. The van der Waals surface area contributed by atoms with E-state index in [0.717, 1.165) is 16.9 Å². The van der Waals surface area contributed by atoms with Crippen LogP contribution in [0, 0.1) is 6.92 Å². The largest absolute Gasteiger partial charge is 0.399 e. The second kappa shape index (κ2) is 4.62. The van der Waals surface area contributed by atoms with Gasteiger partial charge in [0.05, 0.1) is 5.69 Å². The Hall–Kier alpha value is -2.09. The Morgan fingerprint density at radius 2 is 1.81 bits per heavy atom. The fraction of sp³-hybridized carbons (Fsp3) is 0.0714. The van der Waals surface area contributed by atoms with Gasteiger partial charge in [-0.2, -0.15) is 0 Å². The summed E-state index contributed by atoms with van der Waals surface area (Å²) in [7, 11) is 0. The van der Waals surface area contributed by atoms with E-state index in [1.807, 2.05) is 48.7 Å². The lowest BCUT2D eigenvalue weighted by Crippen LogP contribution is -1.85. The lowest BCUT2D eigenvalue weighted by molar-refractivity contribution is 1.43. The third-order valence-corrected chi connectivity index (χ3v) is 2.30. The van der Waals surface area contributed by atoms with E-state index < -0.39 is 0 Å². The van der Waals surface area contributed by atoms with Gasteiger partial charge in [0.15, 0.2) is 0 Å². The van der Waals surface area contributed by atoms with E-state index in [2.05, 4.69) is 18.0 Å². The average molecular weight is 210 g/mol. The van der Waals surface area contributed by atoms with Crippen LogP contribution in [0.1, 0.15) is 11.1 Å². The van der Waals surface area contributed by atoms with E-state index in [0.29, 0.717) is 0 Å². The van der Waals surface area contributed by atoms with Gasteiger partial charge < -0.3 is 5.73 Å². The second-order valence-electron chi connectivity index (χ2n) is 3.76. The summed E-state index contributed by atoms with van der Waals surface area (Å²) < 4.78 is 0. The molecule has 0 unspecified atom stereocenters. The minimum atomic E-state index is 0.771. The van der Waals surface area contributed by atoms with Crippen molar-refractivity contribution in [3.05, 3.63) is 59.7 Å². The first-order valence-corrected chi connectivity index (χ1v) is 5.20. The summed E-state index contributed by atoms with van der Waals surface area (Å²) in [5, 5.41) is 0. The van der Waals surface area contributed by atoms with Crippen LogP contribution in [0.2, 0.25) is 0 Å². The number of hydrogen-bond donors (Lipinski definition) is 1. The molecule has 0 aromatic heterocycles. The van der Waals surface area contributed by atoms with Gasteiger partial charge in [-0.3, -0.25) is 4.99 Å². The molecule has 2 aromatic rings. The molecule has 0 radical (unpaired) electrons. The minimum absolute atomic E-state index is 0.771. The molecule has 0 aliphatic heterocycles. The monoisotopic (exact) mass is 210 g/mol. The van der Waals surface area contributed by atoms with Gasteiger partial charge in [-0.1, -0.05) is 24.3 Å². The van der Waals surface area contributed by atoms with Gasteiger partial charge in [-0.15, -0.1) is 0 Å². The van der Waals surface area contributed by atoms with Crippen LogP contribution in [-0.2, 0) is 0 Å². The summed E-state index contributed by atoms with van der Waals surface area (Å²) in [6.07, 6.45) is 1.84. The highest BCUT2D eigenvalue weighted by Gasteiger charge is 1.90. The number of benzene rings is 2. The molecule has 0 aliphatic rings. The van der Waals surface area contributed by atoms with Crippen molar-refractivity contribution in [2.45, 2.75) is 6.92 Å². The second-order valence-corrected chi connectivity index (χ2v) is 3.76. The standard InChI is InChI=1S/C14H14N2/c1-11-3-2-4-14(9-11)16-10-12-5-7-13(15)8-6-12/h2-10H,15H2,1H3. The molecule has 80 valence electrons. The van der Waals surface area contributed by atoms with Gasteiger partial charge in [0.2, 0.25) is 0 Å². The number of hydrogen-bond acceptors (Lipinski definition) is 2. The van der Waals surface area contributed by atoms with E-state index >= 15 is 0 Å². The molecule has 0 saturated heterocycles. The van der Waals surface area contributed by atoms with Crippen LogP contribution >= 0.6 is 0 Å². The Bertz CT molecular complexity index is 498. The summed E-state index contributed by atoms with van der Waals surface area (Å²) in [6, 6.07) is 15.8. The van der Waals surface area contributed by atoms with Crippen molar-refractivity contribution < 1.29 is 0 Å². The zero-order valence-electron chi connectivity index (χ0n) is 9.22. The Morgan fingerprint density at radius 3 is 2.50 bits per heavy atom. The SMILES string of the molecule is Cc1cccc(N=Cc2ccc(N)cc2)c1. The molecule has 0 amide bonds. The smallest absolute Gasteiger partial charge is 0.0632 e. The fourth-order valence-electron chi connectivity index (χ4n) is 1.44. The molecule has 2 aromatic carbocycles. The molecule has 2 heteroatoms. The average Bonchev–Trinajstić information content (AvgIpc) is 2.28. The van der Waals surface area contributed by atoms with Crippen molar-refractivity contribution in [1.82, 2.24) is 0 Å². The maximum absolute atomic E-state index is 5.61. The Balaban J connectivity index is 2.18. The summed E-state index contributed by atoms with van der Waals surface area (Å²) in [4.78, 5) is 4.40. The number of nitrogen functional groups attached to an aromatic ring is 1. The molecule has 0 aliphatic carbocycles. The van der Waals surface area contributed by atoms with Gasteiger partial charge >= 0.3 is 0 Å². The van der Waals surface area contributed by atoms with Crippen LogP contribution in [0.15, 0.2) is 53.5 Å². The van der Waals surface area contributed by atoms with E-state index in [-0.39, 0.29) is 0 Å². The van der Waals surface area contributed by atoms with Crippen LogP contribution in [-0.4, -0.2) is 6.21 Å². The van der Waals surface area contributed by atoms with Crippen LogP contribution < -0.4 is 5.73 Å². The normalized spacial score (nSPS) is 10.8. The zero-order valence-corrected chi connectivity index (χ0v) is 9.22. The van der Waals surface area contributed by atoms with Crippen molar-refractivity contribution in [3.8, 4) is 0 Å². The minimum Gasteiger partial charge on any atom is -0.399 e. The van der Waals surface area contributed by atoms with Crippen molar-refractivity contribution in [1.29, 1.82) is 0 Å². The van der Waals surface area contributed by atoms with Gasteiger partial charge in [0.25, 0.3) is 0 Å². The van der Waals surface area contributed by atoms with Gasteiger partial charge in [0.1, 0.15) is 0 Å². The molecule has 16 heavy (non-hydrogen) atoms. The predicted octanol–water partition coefficient (Wildman–Crippen LogP) is 3.33. The lowest BCUT2D eigenvalue weighted by Gasteiger charge is -1.96. The third kappa shape index (κ3) is 2.70. The number of nitrogens with two attached hydrogens (primary N) is 1. The van der Waals surface area contributed by atoms with Crippen LogP contribution in [0.4, 0.5) is 11.4 Å². The zero-order chi connectivity index (χ0) is 11.4. The molecule has 0 saturated carbocycles. The number of nitrogens with zero attached hydrogens (tertiary/aromatic N) is 1. The molecule has 0 atom stereocenters. The van der Waals surface area contributed by atoms with Crippen molar-refractivity contribution in [2.24, 2.45) is 4.99 Å². The van der Waals surface area contributed by atoms with E-state index in [4.69, 9.17) is 5.73 Å². The van der Waals surface area contributed by atoms with Gasteiger partial charge in [0, 0.05) is 11.9 Å². The topological polar surface area (TPSA) is 38.4 Å². The number of anilines is 1. The fourth-order valence-corrected chi connectivity index (χ4v) is 1.44. The number of aliphatic imine (C=N–C) groups is 1. The van der Waals surface area contributed by atoms with Crippen LogP contribution in [0.5, 0.6) is 0 Å². The molecule has 0 bridgehead atoms. The van der Waals surface area contributed by atoms with Crippen molar-refractivity contribution in [3.63, 3.8) is 0 Å². The van der Waals surface area contributed by atoms with Crippen molar-refractivity contribution >= 4 is 17.6 Å². The Labute approximate surface area is 95.5 Å². The first-order valence-electron chi connectivity index (χ1n) is 5.20. The highest BCUT2D eigenvalue weighted by atomic mass is 14.7. The maximum Gasteiger partial charge on any atom is 0.0632 e. The summed E-state index contributed by atoms with van der Waals surface area (Å²) in [6.45, 7) is 2.06. The molecule has 2 rings (SSSR count). The Kier molecular flexibility index (Phi) is 3.01. The number of aryl methyl sites for hydroxylation is 1. The molecule has 2 N–H and O–H groups in total. The molecular weight excluding hydrogens is 196 g/mol. The summed E-state index contributed by atoms with van der Waals surface area (Å²) in [5.41, 5.74) is 9.62. The quantitative estimate of drug-likeness (QED) is 0.599. The lowest BCUT2D eigenvalue weighted by atomic mass is 10.2. The number of rotatable bonds is 2. The highest BCUT2D eigenvalue weighted by Crippen LogP contribution is 2.13. The van der Waals surface area contributed by atoms with E-state index in [1.54, 1.807) is 0 Å². The Morgan fingerprint density at radius 1 is 1.06 bits per heavy atom. The summed E-state index contributed by atoms with van der Waals surface area (Å²) >= 11 is 0. The first kappa shape index (κ1) is 10.4. The van der Waals surface area contributed by atoms with E-state index in [9.17, 15) is 0 Å². The summed E-state index contributed by atoms with van der Waals surface area (Å²) in [5.74, 6) is 0. The maximum atomic E-state index is 5.61. The van der Waals surface area contributed by atoms with Gasteiger partial charge in [-0.05, 0) is 42.3 Å². The van der Waals surface area contributed by atoms with Crippen molar-refractivity contribution in [2.75, 3.05) is 5.73 Å². The highest BCUT2D eigenvalue weighted by molar-refractivity contribution is 5.82. The molecular formula is C14H14N2.